The molecule has 0 aliphatic carbocycles. The molecule has 4 nitrogen and oxygen atoms in total. The first-order chi connectivity index (χ1) is 8.23. The van der Waals surface area contributed by atoms with Gasteiger partial charge in [-0.2, -0.15) is 0 Å². The normalized spacial score (nSPS) is 28.4. The van der Waals surface area contributed by atoms with E-state index in [0.29, 0.717) is 0 Å². The Kier molecular flexibility index (Phi) is 4.05. The molecule has 2 fully saturated rings. The third-order valence-corrected chi connectivity index (χ3v) is 4.54. The van der Waals surface area contributed by atoms with Crippen molar-refractivity contribution >= 4 is 5.91 Å². The second kappa shape index (κ2) is 5.36. The van der Waals surface area contributed by atoms with Crippen LogP contribution in [0.2, 0.25) is 0 Å². The predicted octanol–water partition coefficient (Wildman–Crippen LogP) is 0.750. The number of nitrogens with one attached hydrogen (secondary N) is 1. The van der Waals surface area contributed by atoms with Crippen molar-refractivity contribution < 1.29 is 9.90 Å². The van der Waals surface area contributed by atoms with Gasteiger partial charge in [-0.25, -0.2) is 0 Å². The van der Waals surface area contributed by atoms with Crippen LogP contribution < -0.4 is 5.32 Å². The molecule has 0 bridgehead atoms. The largest absolute Gasteiger partial charge is 0.394 e. The number of hydrogen-bond donors (Lipinski definition) is 2. The molecule has 98 valence electrons. The third-order valence-electron chi connectivity index (χ3n) is 4.54. The molecule has 2 aliphatic heterocycles. The molecule has 2 heterocycles. The number of nitrogens with zero attached hydrogens (tertiary/aromatic N) is 1. The number of rotatable bonds is 3. The Morgan fingerprint density at radius 3 is 2.76 bits per heavy atom. The van der Waals surface area contributed by atoms with E-state index in [4.69, 9.17) is 0 Å². The summed E-state index contributed by atoms with van der Waals surface area (Å²) in [5.41, 5.74) is -0.164. The van der Waals surface area contributed by atoms with Crippen molar-refractivity contribution in [1.29, 1.82) is 0 Å². The second-order valence-electron chi connectivity index (χ2n) is 5.36. The SMILES string of the molecule is CCC1(C(=O)N2CCC[C@H]2CO)CCNCC1. The molecule has 0 aromatic rings. The molecule has 2 rings (SSSR count). The van der Waals surface area contributed by atoms with Gasteiger partial charge < -0.3 is 15.3 Å². The molecule has 0 saturated carbocycles. The lowest BCUT2D eigenvalue weighted by Crippen LogP contribution is -2.51. The molecule has 17 heavy (non-hydrogen) atoms. The van der Waals surface area contributed by atoms with Gasteiger partial charge in [-0.3, -0.25) is 4.79 Å². The van der Waals surface area contributed by atoms with Crippen LogP contribution in [0.15, 0.2) is 0 Å². The quantitative estimate of drug-likeness (QED) is 0.765. The zero-order valence-electron chi connectivity index (χ0n) is 10.7. The minimum absolute atomic E-state index is 0.0702. The Morgan fingerprint density at radius 2 is 2.18 bits per heavy atom. The van der Waals surface area contributed by atoms with Gasteiger partial charge >= 0.3 is 0 Å². The lowest BCUT2D eigenvalue weighted by molar-refractivity contribution is -0.145. The van der Waals surface area contributed by atoms with Crippen LogP contribution in [-0.2, 0) is 4.79 Å². The van der Waals surface area contributed by atoms with Gasteiger partial charge in [-0.1, -0.05) is 6.92 Å². The van der Waals surface area contributed by atoms with E-state index in [2.05, 4.69) is 12.2 Å². The first kappa shape index (κ1) is 12.8. The first-order valence-corrected chi connectivity index (χ1v) is 6.86. The van der Waals surface area contributed by atoms with Gasteiger partial charge in [0.25, 0.3) is 0 Å². The number of likely N-dealkylation sites (tertiary alicyclic amines) is 1. The summed E-state index contributed by atoms with van der Waals surface area (Å²) in [6.07, 6.45) is 4.80. The number of hydrogen-bond acceptors (Lipinski definition) is 3. The van der Waals surface area contributed by atoms with Crippen LogP contribution in [0.4, 0.5) is 0 Å². The highest BCUT2D eigenvalue weighted by Gasteiger charge is 2.43. The van der Waals surface area contributed by atoms with Crippen LogP contribution in [0.3, 0.4) is 0 Å². The fourth-order valence-corrected chi connectivity index (χ4v) is 3.22. The number of carbonyl (C=O) groups is 1. The van der Waals surface area contributed by atoms with E-state index in [1.54, 1.807) is 0 Å². The minimum atomic E-state index is -0.164. The average Bonchev–Trinajstić information content (AvgIpc) is 2.86. The maximum atomic E-state index is 12.7. The van der Waals surface area contributed by atoms with Crippen molar-refractivity contribution in [2.24, 2.45) is 5.41 Å². The molecular formula is C13H24N2O2. The van der Waals surface area contributed by atoms with Gasteiger partial charge in [0.15, 0.2) is 0 Å². The van der Waals surface area contributed by atoms with Crippen LogP contribution in [0, 0.1) is 5.41 Å². The predicted molar refractivity (Wildman–Crippen MR) is 66.6 cm³/mol. The fraction of sp³-hybridized carbons (Fsp3) is 0.923. The second-order valence-corrected chi connectivity index (χ2v) is 5.36. The Morgan fingerprint density at radius 1 is 1.47 bits per heavy atom. The summed E-state index contributed by atoms with van der Waals surface area (Å²) in [7, 11) is 0. The minimum Gasteiger partial charge on any atom is -0.394 e. The summed E-state index contributed by atoms with van der Waals surface area (Å²) in [4.78, 5) is 14.6. The molecule has 2 saturated heterocycles. The van der Waals surface area contributed by atoms with Crippen molar-refractivity contribution in [3.8, 4) is 0 Å². The van der Waals surface area contributed by atoms with E-state index < -0.39 is 0 Å². The molecule has 0 spiro atoms. The van der Waals surface area contributed by atoms with Crippen molar-refractivity contribution in [3.05, 3.63) is 0 Å². The van der Waals surface area contributed by atoms with E-state index in [1.807, 2.05) is 4.90 Å². The molecule has 0 unspecified atom stereocenters. The zero-order valence-corrected chi connectivity index (χ0v) is 10.7. The number of amides is 1. The summed E-state index contributed by atoms with van der Waals surface area (Å²) < 4.78 is 0. The number of aliphatic hydroxyl groups excluding tert-OH is 1. The molecule has 1 atom stereocenters. The van der Waals surface area contributed by atoms with Crippen molar-refractivity contribution in [2.45, 2.75) is 45.1 Å². The Labute approximate surface area is 103 Å². The molecule has 2 aliphatic rings. The third kappa shape index (κ3) is 2.33. The Bertz CT molecular complexity index is 275. The van der Waals surface area contributed by atoms with Crippen LogP contribution in [0.1, 0.15) is 39.0 Å². The van der Waals surface area contributed by atoms with Crippen molar-refractivity contribution in [2.75, 3.05) is 26.2 Å². The highest BCUT2D eigenvalue weighted by Crippen LogP contribution is 2.36. The summed E-state index contributed by atoms with van der Waals surface area (Å²) in [6.45, 7) is 4.95. The summed E-state index contributed by atoms with van der Waals surface area (Å²) in [5.74, 6) is 0.290. The highest BCUT2D eigenvalue weighted by atomic mass is 16.3. The van der Waals surface area contributed by atoms with Gasteiger partial charge in [0.2, 0.25) is 5.91 Å². The Balaban J connectivity index is 2.10. The standard InChI is InChI=1S/C13H24N2O2/c1-2-13(5-7-14-8-6-13)12(17)15-9-3-4-11(15)10-16/h11,14,16H,2-10H2,1H3/t11-/m0/s1. The zero-order chi connectivity index (χ0) is 12.3. The number of carbonyl (C=O) groups excluding carboxylic acids is 1. The highest BCUT2D eigenvalue weighted by molar-refractivity contribution is 5.83. The molecule has 1 amide bonds. The van der Waals surface area contributed by atoms with Gasteiger partial charge in [0.1, 0.15) is 0 Å². The van der Waals surface area contributed by atoms with Gasteiger partial charge in [0.05, 0.1) is 18.1 Å². The summed E-state index contributed by atoms with van der Waals surface area (Å²) >= 11 is 0. The Hall–Kier alpha value is -0.610. The fourth-order valence-electron chi connectivity index (χ4n) is 3.22. The summed E-state index contributed by atoms with van der Waals surface area (Å²) in [6, 6.07) is 0.0702. The summed E-state index contributed by atoms with van der Waals surface area (Å²) in [5, 5.41) is 12.7. The van der Waals surface area contributed by atoms with Crippen LogP contribution in [0.25, 0.3) is 0 Å². The maximum absolute atomic E-state index is 12.7. The molecule has 2 N–H and O–H groups in total. The lowest BCUT2D eigenvalue weighted by Gasteiger charge is -2.40. The van der Waals surface area contributed by atoms with Gasteiger partial charge in [0, 0.05) is 6.54 Å². The lowest BCUT2D eigenvalue weighted by atomic mass is 9.75. The molecule has 0 aromatic carbocycles. The van der Waals surface area contributed by atoms with E-state index in [0.717, 1.165) is 51.7 Å². The number of piperidine rings is 1. The average molecular weight is 240 g/mol. The van der Waals surface area contributed by atoms with E-state index >= 15 is 0 Å². The van der Waals surface area contributed by atoms with Crippen LogP contribution in [0.5, 0.6) is 0 Å². The van der Waals surface area contributed by atoms with Gasteiger partial charge in [-0.05, 0) is 45.2 Å². The topological polar surface area (TPSA) is 52.6 Å². The van der Waals surface area contributed by atoms with Crippen LogP contribution >= 0.6 is 0 Å². The van der Waals surface area contributed by atoms with E-state index in [1.165, 1.54) is 0 Å². The molecular weight excluding hydrogens is 216 g/mol. The molecule has 4 heteroatoms. The molecule has 0 aromatic heterocycles. The number of aliphatic hydroxyl groups is 1. The van der Waals surface area contributed by atoms with Gasteiger partial charge in [-0.15, -0.1) is 0 Å². The maximum Gasteiger partial charge on any atom is 0.229 e. The first-order valence-electron chi connectivity index (χ1n) is 6.86. The van der Waals surface area contributed by atoms with Crippen molar-refractivity contribution in [1.82, 2.24) is 10.2 Å². The monoisotopic (exact) mass is 240 g/mol. The smallest absolute Gasteiger partial charge is 0.229 e. The van der Waals surface area contributed by atoms with E-state index in [9.17, 15) is 9.90 Å². The van der Waals surface area contributed by atoms with E-state index in [-0.39, 0.29) is 24.0 Å². The van der Waals surface area contributed by atoms with Crippen LogP contribution in [-0.4, -0.2) is 48.2 Å². The molecule has 0 radical (unpaired) electrons. The van der Waals surface area contributed by atoms with Crippen molar-refractivity contribution in [3.63, 3.8) is 0 Å².